The van der Waals surface area contributed by atoms with E-state index >= 15 is 0 Å². The van der Waals surface area contributed by atoms with Crippen molar-refractivity contribution in [2.45, 2.75) is 0 Å². The van der Waals surface area contributed by atoms with Crippen LogP contribution in [0, 0.1) is 17.4 Å². The molecule has 0 fully saturated rings. The molecule has 0 atom stereocenters. The van der Waals surface area contributed by atoms with Crippen molar-refractivity contribution < 1.29 is 0 Å². The molecular weight excluding hydrogens is 148 g/mol. The van der Waals surface area contributed by atoms with Gasteiger partial charge in [0.1, 0.15) is 0 Å². The van der Waals surface area contributed by atoms with E-state index in [0.29, 0.717) is 5.56 Å². The number of pyridine rings is 1. The van der Waals surface area contributed by atoms with Crippen LogP contribution in [0.4, 0.5) is 0 Å². The minimum Gasteiger partial charge on any atom is -0.256 e. The summed E-state index contributed by atoms with van der Waals surface area (Å²) in [4.78, 5) is 4.11. The lowest BCUT2D eigenvalue weighted by Gasteiger charge is -1.95. The first-order valence-corrected chi connectivity index (χ1v) is 3.57. The Labute approximate surface area is 70.1 Å². The lowest BCUT2D eigenvalue weighted by atomic mass is 10.1. The summed E-state index contributed by atoms with van der Waals surface area (Å²) in [6, 6.07) is 12.2. The molecule has 2 rings (SSSR count). The van der Waals surface area contributed by atoms with E-state index in [4.69, 9.17) is 5.26 Å². The third kappa shape index (κ3) is 0.923. The normalized spacial score (nSPS) is 9.58. The molecule has 1 aromatic heterocycles. The summed E-state index contributed by atoms with van der Waals surface area (Å²) < 4.78 is 0. The summed E-state index contributed by atoms with van der Waals surface area (Å²) in [7, 11) is 0. The van der Waals surface area contributed by atoms with E-state index < -0.39 is 0 Å². The van der Waals surface area contributed by atoms with Gasteiger partial charge in [-0.3, -0.25) is 4.98 Å². The van der Waals surface area contributed by atoms with Crippen molar-refractivity contribution in [2.75, 3.05) is 0 Å². The first-order valence-electron chi connectivity index (χ1n) is 3.57. The van der Waals surface area contributed by atoms with Crippen LogP contribution in [0.15, 0.2) is 30.5 Å². The van der Waals surface area contributed by atoms with Gasteiger partial charge < -0.3 is 0 Å². The number of hydrogen-bond acceptors (Lipinski definition) is 2. The highest BCUT2D eigenvalue weighted by Crippen LogP contribution is 2.13. The summed E-state index contributed by atoms with van der Waals surface area (Å²) in [6.07, 6.45) is 1.67. The average molecular weight is 153 g/mol. The lowest BCUT2D eigenvalue weighted by Crippen LogP contribution is -1.81. The van der Waals surface area contributed by atoms with Crippen molar-refractivity contribution in [1.82, 2.24) is 4.98 Å². The number of aromatic nitrogens is 1. The van der Waals surface area contributed by atoms with Gasteiger partial charge in [-0.1, -0.05) is 6.07 Å². The van der Waals surface area contributed by atoms with Crippen LogP contribution in [-0.2, 0) is 0 Å². The molecule has 0 amide bonds. The van der Waals surface area contributed by atoms with Crippen LogP contribution in [0.2, 0.25) is 0 Å². The Bertz CT molecular complexity index is 449. The van der Waals surface area contributed by atoms with Gasteiger partial charge in [-0.2, -0.15) is 5.26 Å². The van der Waals surface area contributed by atoms with Crippen LogP contribution in [0.25, 0.3) is 10.9 Å². The number of nitrogens with zero attached hydrogens (tertiary/aromatic N) is 2. The van der Waals surface area contributed by atoms with E-state index in [0.717, 1.165) is 10.9 Å². The highest BCUT2D eigenvalue weighted by molar-refractivity contribution is 5.83. The molecular formula is C10H5N2. The zero-order chi connectivity index (χ0) is 8.39. The standard InChI is InChI=1S/C10H5N2/c11-7-8-3-1-5-10-9(8)4-2-6-12-10/h1-3,5-6H. The van der Waals surface area contributed by atoms with Crippen molar-refractivity contribution in [3.05, 3.63) is 42.1 Å². The van der Waals surface area contributed by atoms with Crippen molar-refractivity contribution in [2.24, 2.45) is 0 Å². The van der Waals surface area contributed by atoms with Crippen LogP contribution in [0.5, 0.6) is 0 Å². The van der Waals surface area contributed by atoms with Gasteiger partial charge in [0.25, 0.3) is 0 Å². The Morgan fingerprint density at radius 3 is 3.17 bits per heavy atom. The van der Waals surface area contributed by atoms with Crippen LogP contribution < -0.4 is 0 Å². The zero-order valence-corrected chi connectivity index (χ0v) is 6.28. The fourth-order valence-corrected chi connectivity index (χ4v) is 1.13. The van der Waals surface area contributed by atoms with Gasteiger partial charge >= 0.3 is 0 Å². The van der Waals surface area contributed by atoms with Crippen molar-refractivity contribution in [1.29, 1.82) is 5.26 Å². The van der Waals surface area contributed by atoms with Gasteiger partial charge in [-0.05, 0) is 24.3 Å². The zero-order valence-electron chi connectivity index (χ0n) is 6.28. The molecule has 1 radical (unpaired) electrons. The molecule has 1 heterocycles. The summed E-state index contributed by atoms with van der Waals surface area (Å²) in [5.41, 5.74) is 1.44. The number of hydrogen-bond donors (Lipinski definition) is 0. The van der Waals surface area contributed by atoms with Gasteiger partial charge in [0, 0.05) is 11.6 Å². The van der Waals surface area contributed by atoms with Crippen LogP contribution >= 0.6 is 0 Å². The van der Waals surface area contributed by atoms with Gasteiger partial charge in [0.2, 0.25) is 0 Å². The second-order valence-corrected chi connectivity index (χ2v) is 2.40. The number of benzene rings is 1. The maximum absolute atomic E-state index is 8.74. The molecule has 0 N–H and O–H groups in total. The van der Waals surface area contributed by atoms with Crippen LogP contribution in [0.1, 0.15) is 5.56 Å². The van der Waals surface area contributed by atoms with E-state index in [1.807, 2.05) is 12.1 Å². The summed E-state index contributed by atoms with van der Waals surface area (Å²) in [5.74, 6) is 0. The van der Waals surface area contributed by atoms with Crippen molar-refractivity contribution in [3.63, 3.8) is 0 Å². The van der Waals surface area contributed by atoms with E-state index in [2.05, 4.69) is 17.1 Å². The SMILES string of the molecule is N#Cc1cccc2ncc[c]c12. The smallest absolute Gasteiger partial charge is 0.0998 e. The predicted octanol–water partition coefficient (Wildman–Crippen LogP) is 1.91. The maximum Gasteiger partial charge on any atom is 0.0998 e. The minimum absolute atomic E-state index is 0.626. The molecule has 0 saturated carbocycles. The summed E-state index contributed by atoms with van der Waals surface area (Å²) in [6.45, 7) is 0. The fourth-order valence-electron chi connectivity index (χ4n) is 1.13. The Hall–Kier alpha value is -1.88. The fraction of sp³-hybridized carbons (Fsp3) is 0. The monoisotopic (exact) mass is 153 g/mol. The highest BCUT2D eigenvalue weighted by atomic mass is 14.6. The second-order valence-electron chi connectivity index (χ2n) is 2.40. The Balaban J connectivity index is 2.91. The van der Waals surface area contributed by atoms with Gasteiger partial charge in [-0.25, -0.2) is 0 Å². The highest BCUT2D eigenvalue weighted by Gasteiger charge is 1.98. The molecule has 0 aliphatic heterocycles. The topological polar surface area (TPSA) is 36.7 Å². The molecule has 2 nitrogen and oxygen atoms in total. The van der Waals surface area contributed by atoms with Crippen LogP contribution in [-0.4, -0.2) is 4.98 Å². The summed E-state index contributed by atoms with van der Waals surface area (Å²) >= 11 is 0. The van der Waals surface area contributed by atoms with Gasteiger partial charge in [-0.15, -0.1) is 0 Å². The lowest BCUT2D eigenvalue weighted by molar-refractivity contribution is 1.40. The molecule has 0 saturated heterocycles. The van der Waals surface area contributed by atoms with Crippen molar-refractivity contribution >= 4 is 10.9 Å². The molecule has 0 spiro atoms. The van der Waals surface area contributed by atoms with E-state index in [9.17, 15) is 0 Å². The van der Waals surface area contributed by atoms with E-state index in [1.165, 1.54) is 0 Å². The molecule has 0 aliphatic rings. The molecule has 1 aromatic carbocycles. The quantitative estimate of drug-likeness (QED) is 0.579. The van der Waals surface area contributed by atoms with Crippen molar-refractivity contribution in [3.8, 4) is 6.07 Å². The first kappa shape index (κ1) is 6.81. The molecule has 0 aliphatic carbocycles. The van der Waals surface area contributed by atoms with Gasteiger partial charge in [0.05, 0.1) is 17.1 Å². The molecule has 55 valence electrons. The minimum atomic E-state index is 0.626. The predicted molar refractivity (Wildman–Crippen MR) is 45.3 cm³/mol. The molecule has 2 aromatic rings. The molecule has 12 heavy (non-hydrogen) atoms. The third-order valence-electron chi connectivity index (χ3n) is 1.68. The second kappa shape index (κ2) is 2.63. The van der Waals surface area contributed by atoms with Crippen LogP contribution in [0.3, 0.4) is 0 Å². The van der Waals surface area contributed by atoms with E-state index in [1.54, 1.807) is 18.3 Å². The number of nitriles is 1. The summed E-state index contributed by atoms with van der Waals surface area (Å²) in [5, 5.41) is 9.53. The Morgan fingerprint density at radius 2 is 2.33 bits per heavy atom. The molecule has 0 unspecified atom stereocenters. The number of fused-ring (bicyclic) bond motifs is 1. The Morgan fingerprint density at radius 1 is 1.42 bits per heavy atom. The Kier molecular flexibility index (Phi) is 1.49. The number of rotatable bonds is 0. The third-order valence-corrected chi connectivity index (χ3v) is 1.68. The maximum atomic E-state index is 8.74. The van der Waals surface area contributed by atoms with E-state index in [-0.39, 0.29) is 0 Å². The molecule has 0 bridgehead atoms. The molecule has 2 heteroatoms. The average Bonchev–Trinajstić information content (AvgIpc) is 2.17. The van der Waals surface area contributed by atoms with Gasteiger partial charge in [0.15, 0.2) is 0 Å². The largest absolute Gasteiger partial charge is 0.256 e. The first-order chi connectivity index (χ1) is 5.92.